The third kappa shape index (κ3) is 2.74. The van der Waals surface area contributed by atoms with Crippen LogP contribution in [0, 0.1) is 20.8 Å². The van der Waals surface area contributed by atoms with Gasteiger partial charge in [-0.15, -0.1) is 0 Å². The van der Waals surface area contributed by atoms with Gasteiger partial charge in [0.2, 0.25) is 5.88 Å². The van der Waals surface area contributed by atoms with E-state index in [9.17, 15) is 8.42 Å². The van der Waals surface area contributed by atoms with E-state index in [1.165, 1.54) is 12.1 Å². The zero-order chi connectivity index (χ0) is 14.2. The van der Waals surface area contributed by atoms with Crippen molar-refractivity contribution >= 4 is 27.5 Å². The molecule has 0 atom stereocenters. The minimum absolute atomic E-state index is 0.0801. The number of benzene rings is 1. The van der Waals surface area contributed by atoms with Gasteiger partial charge in [0.25, 0.3) is 10.0 Å². The Bertz CT molecular complexity index is 723. The van der Waals surface area contributed by atoms with E-state index in [1.807, 2.05) is 0 Å². The van der Waals surface area contributed by atoms with Crippen molar-refractivity contribution in [1.29, 1.82) is 0 Å². The fourth-order valence-corrected chi connectivity index (χ4v) is 2.75. The normalized spacial score (nSPS) is 11.6. The summed E-state index contributed by atoms with van der Waals surface area (Å²) in [5.41, 5.74) is 2.11. The van der Waals surface area contributed by atoms with Crippen molar-refractivity contribution in [2.75, 3.05) is 4.72 Å². The lowest BCUT2D eigenvalue weighted by atomic mass is 10.2. The fraction of sp³-hybridized carbons (Fsp3) is 0.250. The highest BCUT2D eigenvalue weighted by Crippen LogP contribution is 2.24. The largest absolute Gasteiger partial charge is 0.337 e. The molecule has 2 rings (SSSR count). The highest BCUT2D eigenvalue weighted by molar-refractivity contribution is 7.92. The van der Waals surface area contributed by atoms with E-state index < -0.39 is 10.0 Å². The molecule has 7 heteroatoms. The second-order valence-electron chi connectivity index (χ2n) is 4.24. The number of halogens is 1. The van der Waals surface area contributed by atoms with E-state index in [2.05, 4.69) is 9.88 Å². The molecule has 0 radical (unpaired) electrons. The first-order valence-electron chi connectivity index (χ1n) is 5.53. The van der Waals surface area contributed by atoms with Crippen LogP contribution in [0.25, 0.3) is 0 Å². The molecule has 0 aliphatic heterocycles. The van der Waals surface area contributed by atoms with Crippen molar-refractivity contribution in [2.24, 2.45) is 0 Å². The van der Waals surface area contributed by atoms with Crippen molar-refractivity contribution < 1.29 is 12.9 Å². The summed E-state index contributed by atoms with van der Waals surface area (Å²) in [6.07, 6.45) is 0. The van der Waals surface area contributed by atoms with Gasteiger partial charge in [0.05, 0.1) is 10.6 Å². The smallest absolute Gasteiger partial charge is 0.264 e. The molecule has 0 amide bonds. The van der Waals surface area contributed by atoms with Crippen molar-refractivity contribution in [2.45, 2.75) is 25.7 Å². The maximum atomic E-state index is 12.2. The predicted octanol–water partition coefficient (Wildman–Crippen LogP) is 3.05. The predicted molar refractivity (Wildman–Crippen MR) is 73.0 cm³/mol. The molecule has 1 aromatic heterocycles. The Kier molecular flexibility index (Phi) is 3.56. The molecular weight excluding hydrogens is 288 g/mol. The number of aryl methyl sites for hydroxylation is 2. The topological polar surface area (TPSA) is 72.2 Å². The number of sulfonamides is 1. The Hall–Kier alpha value is -1.53. The van der Waals surface area contributed by atoms with Gasteiger partial charge in [-0.1, -0.05) is 22.8 Å². The SMILES string of the molecule is Cc1ccc(S(=O)(=O)Nc2onc(C)c2C)cc1Cl. The number of nitrogens with one attached hydrogen (secondary N) is 1. The van der Waals surface area contributed by atoms with Crippen molar-refractivity contribution in [3.8, 4) is 0 Å². The Morgan fingerprint density at radius 3 is 2.47 bits per heavy atom. The molecule has 0 fully saturated rings. The van der Waals surface area contributed by atoms with Crippen LogP contribution in [0.2, 0.25) is 5.02 Å². The van der Waals surface area contributed by atoms with Crippen molar-refractivity contribution in [3.05, 3.63) is 40.0 Å². The summed E-state index contributed by atoms with van der Waals surface area (Å²) < 4.78 is 31.6. The zero-order valence-corrected chi connectivity index (χ0v) is 12.3. The first kappa shape index (κ1) is 13.9. The molecule has 0 unspecified atom stereocenters. The molecule has 0 aliphatic carbocycles. The first-order valence-corrected chi connectivity index (χ1v) is 7.39. The Balaban J connectivity index is 2.37. The Morgan fingerprint density at radius 2 is 1.95 bits per heavy atom. The van der Waals surface area contributed by atoms with E-state index in [-0.39, 0.29) is 10.8 Å². The lowest BCUT2D eigenvalue weighted by Crippen LogP contribution is -2.13. The lowest BCUT2D eigenvalue weighted by Gasteiger charge is -2.07. The second kappa shape index (κ2) is 4.86. The fourth-order valence-electron chi connectivity index (χ4n) is 1.43. The van der Waals surface area contributed by atoms with Crippen molar-refractivity contribution in [3.63, 3.8) is 0 Å². The standard InChI is InChI=1S/C12H13ClN2O3S/c1-7-4-5-10(6-11(7)13)19(16,17)15-12-8(2)9(3)14-18-12/h4-6,15H,1-3H3. The Labute approximate surface area is 116 Å². The number of hydrogen-bond acceptors (Lipinski definition) is 4. The molecule has 1 heterocycles. The molecule has 0 saturated heterocycles. The molecule has 0 aliphatic rings. The van der Waals surface area contributed by atoms with E-state index in [1.54, 1.807) is 26.8 Å². The molecule has 19 heavy (non-hydrogen) atoms. The van der Waals surface area contributed by atoms with Gasteiger partial charge in [-0.2, -0.15) is 0 Å². The number of hydrogen-bond donors (Lipinski definition) is 1. The monoisotopic (exact) mass is 300 g/mol. The van der Waals surface area contributed by atoms with E-state index in [0.717, 1.165) is 5.56 Å². The average molecular weight is 301 g/mol. The summed E-state index contributed by atoms with van der Waals surface area (Å²) in [5, 5.41) is 4.09. The summed E-state index contributed by atoms with van der Waals surface area (Å²) in [5.74, 6) is 0.120. The van der Waals surface area contributed by atoms with E-state index in [4.69, 9.17) is 16.1 Å². The molecule has 1 aromatic carbocycles. The van der Waals surface area contributed by atoms with E-state index in [0.29, 0.717) is 16.3 Å². The molecule has 5 nitrogen and oxygen atoms in total. The van der Waals surface area contributed by atoms with Gasteiger partial charge in [0.1, 0.15) is 0 Å². The number of nitrogens with zero attached hydrogens (tertiary/aromatic N) is 1. The second-order valence-corrected chi connectivity index (χ2v) is 6.33. The average Bonchev–Trinajstić information content (AvgIpc) is 2.64. The van der Waals surface area contributed by atoms with Crippen LogP contribution >= 0.6 is 11.6 Å². The van der Waals surface area contributed by atoms with Crippen LogP contribution in [0.4, 0.5) is 5.88 Å². The van der Waals surface area contributed by atoms with Crippen LogP contribution in [0.15, 0.2) is 27.6 Å². The molecule has 102 valence electrons. The highest BCUT2D eigenvalue weighted by atomic mass is 35.5. The van der Waals surface area contributed by atoms with Crippen LogP contribution in [0.3, 0.4) is 0 Å². The Morgan fingerprint density at radius 1 is 1.26 bits per heavy atom. The number of rotatable bonds is 3. The summed E-state index contributed by atoms with van der Waals surface area (Å²) in [7, 11) is -3.73. The van der Waals surface area contributed by atoms with Crippen LogP contribution in [-0.2, 0) is 10.0 Å². The minimum atomic E-state index is -3.73. The van der Waals surface area contributed by atoms with Crippen molar-refractivity contribution in [1.82, 2.24) is 5.16 Å². The minimum Gasteiger partial charge on any atom is -0.337 e. The number of anilines is 1. The molecule has 0 saturated carbocycles. The van der Waals surface area contributed by atoms with Crippen LogP contribution < -0.4 is 4.72 Å². The molecule has 0 spiro atoms. The maximum absolute atomic E-state index is 12.2. The first-order chi connectivity index (χ1) is 8.81. The molecule has 2 aromatic rings. The van der Waals surface area contributed by atoms with Gasteiger partial charge in [0, 0.05) is 10.6 Å². The zero-order valence-electron chi connectivity index (χ0n) is 10.7. The van der Waals surface area contributed by atoms with E-state index >= 15 is 0 Å². The summed E-state index contributed by atoms with van der Waals surface area (Å²) >= 11 is 5.93. The highest BCUT2D eigenvalue weighted by Gasteiger charge is 2.19. The molecular formula is C12H13ClN2O3S. The van der Waals surface area contributed by atoms with Crippen LogP contribution in [0.1, 0.15) is 16.8 Å². The van der Waals surface area contributed by atoms with Gasteiger partial charge < -0.3 is 4.52 Å². The van der Waals surface area contributed by atoms with Crippen LogP contribution in [0.5, 0.6) is 0 Å². The summed E-state index contributed by atoms with van der Waals surface area (Å²) in [4.78, 5) is 0.0801. The number of aromatic nitrogens is 1. The quantitative estimate of drug-likeness (QED) is 0.945. The summed E-state index contributed by atoms with van der Waals surface area (Å²) in [6.45, 7) is 5.27. The van der Waals surface area contributed by atoms with Gasteiger partial charge in [-0.25, -0.2) is 13.1 Å². The third-order valence-corrected chi connectivity index (χ3v) is 4.57. The van der Waals surface area contributed by atoms with Crippen LogP contribution in [-0.4, -0.2) is 13.6 Å². The summed E-state index contributed by atoms with van der Waals surface area (Å²) in [6, 6.07) is 4.54. The molecule has 0 bridgehead atoms. The maximum Gasteiger partial charge on any atom is 0.264 e. The lowest BCUT2D eigenvalue weighted by molar-refractivity contribution is 0.430. The van der Waals surface area contributed by atoms with Gasteiger partial charge in [-0.05, 0) is 38.5 Å². The molecule has 1 N–H and O–H groups in total. The third-order valence-electron chi connectivity index (χ3n) is 2.84. The van der Waals surface area contributed by atoms with Gasteiger partial charge in [0.15, 0.2) is 0 Å². The van der Waals surface area contributed by atoms with Gasteiger partial charge in [-0.3, -0.25) is 0 Å². The van der Waals surface area contributed by atoms with Gasteiger partial charge >= 0.3 is 0 Å².